The van der Waals surface area contributed by atoms with Gasteiger partial charge in [0.05, 0.1) is 17.6 Å². The van der Waals surface area contributed by atoms with Crippen LogP contribution in [0.5, 0.6) is 0 Å². The average Bonchev–Trinajstić information content (AvgIpc) is 2.81. The summed E-state index contributed by atoms with van der Waals surface area (Å²) in [5, 5.41) is 0.721. The quantitative estimate of drug-likeness (QED) is 0.740. The topological polar surface area (TPSA) is 54.7 Å². The maximum atomic E-state index is 6.03. The van der Waals surface area contributed by atoms with E-state index < -0.39 is 0 Å². The highest BCUT2D eigenvalue weighted by atomic mass is 35.5. The average molecular weight is 331 g/mol. The Morgan fingerprint density at radius 1 is 1.10 bits per heavy atom. The van der Waals surface area contributed by atoms with Crippen molar-refractivity contribution in [2.24, 2.45) is 5.73 Å². The molecule has 106 valence electrons. The van der Waals surface area contributed by atoms with Crippen molar-refractivity contribution in [3.8, 4) is 11.1 Å². The van der Waals surface area contributed by atoms with Crippen molar-refractivity contribution in [3.63, 3.8) is 0 Å². The summed E-state index contributed by atoms with van der Waals surface area (Å²) in [6, 6.07) is 13.8. The molecule has 0 bridgehead atoms. The van der Waals surface area contributed by atoms with E-state index in [1.165, 1.54) is 0 Å². The lowest BCUT2D eigenvalue weighted by Gasteiger charge is -2.02. The molecule has 3 nitrogen and oxygen atoms in total. The fourth-order valence-electron chi connectivity index (χ4n) is 2.07. The number of imidazole rings is 1. The highest BCUT2D eigenvalue weighted by Gasteiger charge is 2.08. The van der Waals surface area contributed by atoms with Gasteiger partial charge in [0.2, 0.25) is 0 Å². The van der Waals surface area contributed by atoms with Gasteiger partial charge >= 0.3 is 0 Å². The highest BCUT2D eigenvalue weighted by molar-refractivity contribution is 6.30. The van der Waals surface area contributed by atoms with Gasteiger partial charge in [0.15, 0.2) is 0 Å². The predicted octanol–water partition coefficient (Wildman–Crippen LogP) is 4.19. The summed E-state index contributed by atoms with van der Waals surface area (Å²) in [5.74, 6) is 0.791. The van der Waals surface area contributed by atoms with Gasteiger partial charge in [0, 0.05) is 10.6 Å². The molecule has 20 heavy (non-hydrogen) atoms. The largest absolute Gasteiger partial charge is 0.341 e. The summed E-state index contributed by atoms with van der Waals surface area (Å²) in [6.07, 6.45) is 0. The summed E-state index contributed by atoms with van der Waals surface area (Å²) in [4.78, 5) is 7.71. The molecule has 6 heteroatoms. The standard InChI is InChI=1S/C14H12ClN3.2ClH/c15-10-4-1-3-9(7-10)11-5-2-6-12-14(11)18-13(8-16)17-12;;/h1-7H,8,16H2,(H,17,18);2*1H. The highest BCUT2D eigenvalue weighted by Crippen LogP contribution is 2.28. The Morgan fingerprint density at radius 3 is 2.55 bits per heavy atom. The van der Waals surface area contributed by atoms with Gasteiger partial charge in [-0.15, -0.1) is 24.8 Å². The maximum absolute atomic E-state index is 6.03. The number of hydrogen-bond donors (Lipinski definition) is 2. The van der Waals surface area contributed by atoms with Gasteiger partial charge in [-0.2, -0.15) is 0 Å². The zero-order valence-electron chi connectivity index (χ0n) is 10.5. The van der Waals surface area contributed by atoms with E-state index in [-0.39, 0.29) is 24.8 Å². The molecule has 0 fully saturated rings. The van der Waals surface area contributed by atoms with Gasteiger partial charge in [-0.3, -0.25) is 0 Å². The lowest BCUT2D eigenvalue weighted by Crippen LogP contribution is -1.97. The number of nitrogens with one attached hydrogen (secondary N) is 1. The molecule has 1 aromatic heterocycles. The summed E-state index contributed by atoms with van der Waals surface area (Å²) in [6.45, 7) is 0.406. The van der Waals surface area contributed by atoms with Crippen LogP contribution in [0.15, 0.2) is 42.5 Å². The molecule has 3 rings (SSSR count). The molecule has 0 radical (unpaired) electrons. The van der Waals surface area contributed by atoms with Crippen LogP contribution in [0.4, 0.5) is 0 Å². The van der Waals surface area contributed by atoms with Crippen molar-refractivity contribution in [2.75, 3.05) is 0 Å². The molecule has 2 aromatic carbocycles. The molecule has 0 spiro atoms. The van der Waals surface area contributed by atoms with Gasteiger partial charge in [-0.1, -0.05) is 35.9 Å². The first-order chi connectivity index (χ1) is 8.78. The van der Waals surface area contributed by atoms with E-state index in [4.69, 9.17) is 17.3 Å². The smallest absolute Gasteiger partial charge is 0.121 e. The third kappa shape index (κ3) is 3.07. The molecule has 0 aliphatic heterocycles. The molecule has 0 aliphatic rings. The summed E-state index contributed by atoms with van der Waals surface area (Å²) in [5.41, 5.74) is 9.66. The number of nitrogens with zero attached hydrogens (tertiary/aromatic N) is 1. The fourth-order valence-corrected chi connectivity index (χ4v) is 2.26. The summed E-state index contributed by atoms with van der Waals surface area (Å²) >= 11 is 6.03. The molecule has 0 amide bonds. The van der Waals surface area contributed by atoms with Crippen molar-refractivity contribution in [1.82, 2.24) is 9.97 Å². The van der Waals surface area contributed by atoms with Crippen LogP contribution in [-0.2, 0) is 6.54 Å². The minimum absolute atomic E-state index is 0. The number of aromatic nitrogens is 2. The first-order valence-electron chi connectivity index (χ1n) is 5.71. The van der Waals surface area contributed by atoms with Gasteiger partial charge in [0.1, 0.15) is 5.82 Å². The second-order valence-electron chi connectivity index (χ2n) is 4.10. The third-order valence-electron chi connectivity index (χ3n) is 2.89. The number of H-pyrrole nitrogens is 1. The Labute approximate surface area is 134 Å². The Balaban J connectivity index is 0.000001000. The van der Waals surface area contributed by atoms with E-state index in [0.717, 1.165) is 33.0 Å². The molecular weight excluding hydrogens is 317 g/mol. The Morgan fingerprint density at radius 2 is 1.85 bits per heavy atom. The van der Waals surface area contributed by atoms with Crippen LogP contribution in [0.1, 0.15) is 5.82 Å². The van der Waals surface area contributed by atoms with Gasteiger partial charge in [-0.25, -0.2) is 4.98 Å². The van der Waals surface area contributed by atoms with Crippen LogP contribution >= 0.6 is 36.4 Å². The molecule has 0 saturated heterocycles. The second kappa shape index (κ2) is 6.95. The summed E-state index contributed by atoms with van der Waals surface area (Å²) < 4.78 is 0. The maximum Gasteiger partial charge on any atom is 0.121 e. The molecule has 1 heterocycles. The lowest BCUT2D eigenvalue weighted by atomic mass is 10.0. The summed E-state index contributed by atoms with van der Waals surface area (Å²) in [7, 11) is 0. The van der Waals surface area contributed by atoms with Crippen LogP contribution in [0.2, 0.25) is 5.02 Å². The van der Waals surface area contributed by atoms with E-state index in [0.29, 0.717) is 6.54 Å². The molecule has 0 saturated carbocycles. The Hall–Kier alpha value is -1.26. The number of benzene rings is 2. The minimum Gasteiger partial charge on any atom is -0.341 e. The molecule has 3 aromatic rings. The van der Waals surface area contributed by atoms with Crippen molar-refractivity contribution >= 4 is 47.4 Å². The van der Waals surface area contributed by atoms with Crippen molar-refractivity contribution < 1.29 is 0 Å². The number of nitrogens with two attached hydrogens (primary N) is 1. The van der Waals surface area contributed by atoms with E-state index in [2.05, 4.69) is 9.97 Å². The van der Waals surface area contributed by atoms with Crippen molar-refractivity contribution in [3.05, 3.63) is 53.3 Å². The zero-order valence-corrected chi connectivity index (χ0v) is 12.9. The third-order valence-corrected chi connectivity index (χ3v) is 3.13. The van der Waals surface area contributed by atoms with Crippen LogP contribution in [0.25, 0.3) is 22.2 Å². The molecule has 0 unspecified atom stereocenters. The Kier molecular flexibility index (Phi) is 5.84. The molecular formula is C14H14Cl3N3. The van der Waals surface area contributed by atoms with E-state index in [1.807, 2.05) is 42.5 Å². The number of para-hydroxylation sites is 1. The SMILES string of the molecule is Cl.Cl.NCc1nc2c(-c3cccc(Cl)c3)cccc2[nH]1. The monoisotopic (exact) mass is 329 g/mol. The first kappa shape index (κ1) is 16.8. The number of halogens is 3. The van der Waals surface area contributed by atoms with Gasteiger partial charge in [-0.05, 0) is 23.8 Å². The fraction of sp³-hybridized carbons (Fsp3) is 0.0714. The van der Waals surface area contributed by atoms with E-state index >= 15 is 0 Å². The molecule has 0 atom stereocenters. The van der Waals surface area contributed by atoms with E-state index in [1.54, 1.807) is 0 Å². The number of rotatable bonds is 2. The van der Waals surface area contributed by atoms with Crippen LogP contribution in [-0.4, -0.2) is 9.97 Å². The first-order valence-corrected chi connectivity index (χ1v) is 6.09. The number of aromatic amines is 1. The lowest BCUT2D eigenvalue weighted by molar-refractivity contribution is 0.959. The molecule has 0 aliphatic carbocycles. The normalized spacial score (nSPS) is 9.90. The van der Waals surface area contributed by atoms with Crippen LogP contribution in [0.3, 0.4) is 0 Å². The zero-order chi connectivity index (χ0) is 12.5. The number of hydrogen-bond acceptors (Lipinski definition) is 2. The minimum atomic E-state index is 0. The van der Waals surface area contributed by atoms with Gasteiger partial charge in [0.25, 0.3) is 0 Å². The van der Waals surface area contributed by atoms with Crippen LogP contribution < -0.4 is 5.73 Å². The van der Waals surface area contributed by atoms with Crippen molar-refractivity contribution in [2.45, 2.75) is 6.54 Å². The predicted molar refractivity (Wildman–Crippen MR) is 88.9 cm³/mol. The number of fused-ring (bicyclic) bond motifs is 1. The second-order valence-corrected chi connectivity index (χ2v) is 4.54. The van der Waals surface area contributed by atoms with Crippen molar-refractivity contribution in [1.29, 1.82) is 0 Å². The Bertz CT molecular complexity index is 710. The van der Waals surface area contributed by atoms with Gasteiger partial charge < -0.3 is 10.7 Å². The molecule has 3 N–H and O–H groups in total. The van der Waals surface area contributed by atoms with E-state index in [9.17, 15) is 0 Å². The van der Waals surface area contributed by atoms with Crippen LogP contribution in [0, 0.1) is 0 Å².